The molecule has 1 aliphatic heterocycles. The number of hydrogen-bond acceptors (Lipinski definition) is 4. The molecular weight excluding hydrogens is 340 g/mol. The normalized spacial score (nSPS) is 16.9. The summed E-state index contributed by atoms with van der Waals surface area (Å²) in [6.45, 7) is 13.7. The fourth-order valence-corrected chi connectivity index (χ4v) is 3.24. The van der Waals surface area contributed by atoms with Crippen molar-refractivity contribution in [1.82, 2.24) is 15.5 Å². The van der Waals surface area contributed by atoms with Crippen molar-refractivity contribution in [3.8, 4) is 0 Å². The molecule has 0 aromatic heterocycles. The van der Waals surface area contributed by atoms with Crippen LogP contribution in [0.5, 0.6) is 0 Å². The molecule has 0 saturated carbocycles. The van der Waals surface area contributed by atoms with E-state index < -0.39 is 0 Å². The van der Waals surface area contributed by atoms with Crippen molar-refractivity contribution >= 4 is 5.96 Å². The maximum Gasteiger partial charge on any atom is 0.191 e. The van der Waals surface area contributed by atoms with Gasteiger partial charge in [0.25, 0.3) is 0 Å². The van der Waals surface area contributed by atoms with E-state index in [4.69, 9.17) is 14.5 Å². The van der Waals surface area contributed by atoms with Gasteiger partial charge in [-0.15, -0.1) is 0 Å². The number of aliphatic imine (C=N–C) groups is 1. The molecule has 1 aliphatic rings. The van der Waals surface area contributed by atoms with Gasteiger partial charge in [0.05, 0.1) is 25.8 Å². The van der Waals surface area contributed by atoms with Gasteiger partial charge < -0.3 is 20.1 Å². The summed E-state index contributed by atoms with van der Waals surface area (Å²) in [4.78, 5) is 7.37. The topological polar surface area (TPSA) is 58.1 Å². The fourth-order valence-electron chi connectivity index (χ4n) is 3.24. The summed E-state index contributed by atoms with van der Waals surface area (Å²) < 4.78 is 10.9. The van der Waals surface area contributed by atoms with E-state index in [1.807, 2.05) is 6.92 Å². The van der Waals surface area contributed by atoms with Crippen molar-refractivity contribution in [3.05, 3.63) is 35.4 Å². The van der Waals surface area contributed by atoms with Crippen LogP contribution in [0.25, 0.3) is 0 Å². The minimum atomic E-state index is 0.271. The third-order valence-corrected chi connectivity index (χ3v) is 4.64. The Morgan fingerprint density at radius 1 is 1.26 bits per heavy atom. The Balaban J connectivity index is 2.03. The van der Waals surface area contributed by atoms with Gasteiger partial charge in [-0.05, 0) is 32.8 Å². The van der Waals surface area contributed by atoms with E-state index in [-0.39, 0.29) is 6.04 Å². The third-order valence-electron chi connectivity index (χ3n) is 4.64. The van der Waals surface area contributed by atoms with Gasteiger partial charge in [0.15, 0.2) is 5.96 Å². The Morgan fingerprint density at radius 3 is 2.78 bits per heavy atom. The number of nitrogens with zero attached hydrogens (tertiary/aromatic N) is 2. The van der Waals surface area contributed by atoms with Gasteiger partial charge in [-0.25, -0.2) is 0 Å². The van der Waals surface area contributed by atoms with Crippen molar-refractivity contribution in [1.29, 1.82) is 0 Å². The lowest BCUT2D eigenvalue weighted by molar-refractivity contribution is 0.0179. The maximum atomic E-state index is 5.54. The van der Waals surface area contributed by atoms with Gasteiger partial charge in [-0.1, -0.05) is 29.8 Å². The number of rotatable bonds is 10. The van der Waals surface area contributed by atoms with Gasteiger partial charge in [0.1, 0.15) is 0 Å². The summed E-state index contributed by atoms with van der Waals surface area (Å²) >= 11 is 0. The van der Waals surface area contributed by atoms with Crippen molar-refractivity contribution in [2.75, 3.05) is 59.2 Å². The Morgan fingerprint density at radius 2 is 2.07 bits per heavy atom. The Kier molecular flexibility index (Phi) is 10.2. The molecular formula is C21H36N4O2. The highest BCUT2D eigenvalue weighted by Gasteiger charge is 2.22. The molecule has 0 bridgehead atoms. The monoisotopic (exact) mass is 376 g/mol. The molecule has 1 fully saturated rings. The van der Waals surface area contributed by atoms with Gasteiger partial charge in [0.2, 0.25) is 0 Å². The number of hydrogen-bond donors (Lipinski definition) is 2. The molecule has 1 aromatic rings. The zero-order valence-electron chi connectivity index (χ0n) is 17.2. The second-order valence-corrected chi connectivity index (χ2v) is 6.78. The fraction of sp³-hybridized carbons (Fsp3) is 0.667. The first kappa shape index (κ1) is 21.7. The second-order valence-electron chi connectivity index (χ2n) is 6.78. The Hall–Kier alpha value is -1.63. The Labute approximate surface area is 164 Å². The predicted octanol–water partition coefficient (Wildman–Crippen LogP) is 2.35. The molecule has 0 spiro atoms. The molecule has 1 saturated heterocycles. The van der Waals surface area contributed by atoms with Gasteiger partial charge in [-0.3, -0.25) is 9.89 Å². The van der Waals surface area contributed by atoms with Crippen LogP contribution in [0.3, 0.4) is 0 Å². The van der Waals surface area contributed by atoms with E-state index >= 15 is 0 Å². The minimum Gasteiger partial charge on any atom is -0.382 e. The van der Waals surface area contributed by atoms with Crippen LogP contribution in [-0.2, 0) is 9.47 Å². The number of ether oxygens (including phenoxy) is 2. The SMILES string of the molecule is CCNC(=NCC(c1cccc(C)c1)N1CCOCC1)NCCCOCC. The predicted molar refractivity (Wildman–Crippen MR) is 111 cm³/mol. The summed E-state index contributed by atoms with van der Waals surface area (Å²) in [7, 11) is 0. The van der Waals surface area contributed by atoms with E-state index in [1.165, 1.54) is 11.1 Å². The first-order chi connectivity index (χ1) is 13.2. The lowest BCUT2D eigenvalue weighted by Crippen LogP contribution is -2.42. The minimum absolute atomic E-state index is 0.271. The first-order valence-corrected chi connectivity index (χ1v) is 10.2. The average Bonchev–Trinajstić information content (AvgIpc) is 2.69. The van der Waals surface area contributed by atoms with Crippen molar-refractivity contribution in [3.63, 3.8) is 0 Å². The standard InChI is InChI=1S/C21H36N4O2/c1-4-22-21(23-10-7-13-26-5-2)24-17-20(25-11-14-27-15-12-25)19-9-6-8-18(3)16-19/h6,8-9,16,20H,4-5,7,10-15,17H2,1-3H3,(H2,22,23,24). The Bertz CT molecular complexity index is 559. The van der Waals surface area contributed by atoms with E-state index in [2.05, 4.69) is 53.6 Å². The van der Waals surface area contributed by atoms with Crippen LogP contribution in [0.4, 0.5) is 0 Å². The van der Waals surface area contributed by atoms with Gasteiger partial charge in [0, 0.05) is 39.4 Å². The molecule has 1 unspecified atom stereocenters. The lowest BCUT2D eigenvalue weighted by atomic mass is 10.0. The molecule has 6 heteroatoms. The van der Waals surface area contributed by atoms with E-state index in [1.54, 1.807) is 0 Å². The molecule has 1 atom stereocenters. The molecule has 0 radical (unpaired) electrons. The molecule has 2 N–H and O–H groups in total. The van der Waals surface area contributed by atoms with Crippen molar-refractivity contribution < 1.29 is 9.47 Å². The van der Waals surface area contributed by atoms with E-state index in [0.717, 1.165) is 71.5 Å². The zero-order chi connectivity index (χ0) is 19.3. The molecule has 6 nitrogen and oxygen atoms in total. The zero-order valence-corrected chi connectivity index (χ0v) is 17.2. The summed E-state index contributed by atoms with van der Waals surface area (Å²) in [5.74, 6) is 0.875. The van der Waals surface area contributed by atoms with Crippen molar-refractivity contribution in [2.45, 2.75) is 33.2 Å². The second kappa shape index (κ2) is 12.7. The largest absolute Gasteiger partial charge is 0.382 e. The summed E-state index contributed by atoms with van der Waals surface area (Å²) in [6, 6.07) is 9.04. The van der Waals surface area contributed by atoms with Gasteiger partial charge in [-0.2, -0.15) is 0 Å². The number of benzene rings is 1. The van der Waals surface area contributed by atoms with Gasteiger partial charge >= 0.3 is 0 Å². The molecule has 27 heavy (non-hydrogen) atoms. The lowest BCUT2D eigenvalue weighted by Gasteiger charge is -2.34. The number of aryl methyl sites for hydroxylation is 1. The highest BCUT2D eigenvalue weighted by Crippen LogP contribution is 2.23. The van der Waals surface area contributed by atoms with Crippen LogP contribution in [0, 0.1) is 6.92 Å². The molecule has 2 rings (SSSR count). The molecule has 1 aromatic carbocycles. The molecule has 0 amide bonds. The van der Waals surface area contributed by atoms with Crippen LogP contribution in [0.2, 0.25) is 0 Å². The maximum absolute atomic E-state index is 5.54. The average molecular weight is 377 g/mol. The molecule has 1 heterocycles. The molecule has 0 aliphatic carbocycles. The van der Waals surface area contributed by atoms with Crippen LogP contribution in [-0.4, -0.2) is 70.0 Å². The number of nitrogens with one attached hydrogen (secondary N) is 2. The quantitative estimate of drug-likeness (QED) is 0.373. The van der Waals surface area contributed by atoms with Crippen LogP contribution in [0.15, 0.2) is 29.3 Å². The summed E-state index contributed by atoms with van der Waals surface area (Å²) in [5.41, 5.74) is 2.61. The summed E-state index contributed by atoms with van der Waals surface area (Å²) in [6.07, 6.45) is 0.975. The van der Waals surface area contributed by atoms with E-state index in [9.17, 15) is 0 Å². The summed E-state index contributed by atoms with van der Waals surface area (Å²) in [5, 5.41) is 6.77. The number of guanidine groups is 1. The van der Waals surface area contributed by atoms with E-state index in [0.29, 0.717) is 0 Å². The number of morpholine rings is 1. The van der Waals surface area contributed by atoms with Crippen molar-refractivity contribution in [2.24, 2.45) is 4.99 Å². The molecule has 152 valence electrons. The highest BCUT2D eigenvalue weighted by molar-refractivity contribution is 5.79. The smallest absolute Gasteiger partial charge is 0.191 e. The first-order valence-electron chi connectivity index (χ1n) is 10.2. The van der Waals surface area contributed by atoms with Crippen LogP contribution in [0.1, 0.15) is 37.4 Å². The van der Waals surface area contributed by atoms with Crippen LogP contribution < -0.4 is 10.6 Å². The van der Waals surface area contributed by atoms with Crippen LogP contribution >= 0.6 is 0 Å². The third kappa shape index (κ3) is 7.87. The highest BCUT2D eigenvalue weighted by atomic mass is 16.5.